The van der Waals surface area contributed by atoms with E-state index >= 15 is 0 Å². The van der Waals surface area contributed by atoms with Crippen molar-refractivity contribution in [1.82, 2.24) is 4.90 Å². The fourth-order valence-electron chi connectivity index (χ4n) is 5.85. The second kappa shape index (κ2) is 8.86. The van der Waals surface area contributed by atoms with E-state index in [1.165, 1.54) is 91.7 Å². The summed E-state index contributed by atoms with van der Waals surface area (Å²) in [5, 5.41) is 2.95. The van der Waals surface area contributed by atoms with Crippen molar-refractivity contribution in [2.45, 2.75) is 64.2 Å². The van der Waals surface area contributed by atoms with Crippen LogP contribution in [0.5, 0.6) is 0 Å². The summed E-state index contributed by atoms with van der Waals surface area (Å²) in [7, 11) is 0. The third-order valence-corrected chi connectivity index (χ3v) is 8.31. The summed E-state index contributed by atoms with van der Waals surface area (Å²) in [6.45, 7) is 14.2. The Balaban J connectivity index is 1.37. The average molecular weight is 438 g/mol. The van der Waals surface area contributed by atoms with E-state index in [1.54, 1.807) is 0 Å². The molecule has 0 amide bonds. The van der Waals surface area contributed by atoms with E-state index < -0.39 is 0 Å². The summed E-state index contributed by atoms with van der Waals surface area (Å²) >= 11 is 1.98. The summed E-state index contributed by atoms with van der Waals surface area (Å²) < 4.78 is 2.60. The molecule has 4 heteroatoms. The first-order valence-corrected chi connectivity index (χ1v) is 13.2. The summed E-state index contributed by atoms with van der Waals surface area (Å²) in [5.74, 6) is 0.865. The van der Waals surface area contributed by atoms with Gasteiger partial charge in [-0.2, -0.15) is 0 Å². The van der Waals surface area contributed by atoms with E-state index in [-0.39, 0.29) is 0 Å². The molecule has 1 saturated heterocycles. The van der Waals surface area contributed by atoms with Crippen LogP contribution in [0, 0.1) is 11.3 Å². The first-order chi connectivity index (χ1) is 15.0. The Labute approximate surface area is 193 Å². The van der Waals surface area contributed by atoms with Gasteiger partial charge in [0.1, 0.15) is 0 Å². The maximum absolute atomic E-state index is 2.67. The van der Waals surface area contributed by atoms with Crippen molar-refractivity contribution in [1.29, 1.82) is 0 Å². The van der Waals surface area contributed by atoms with E-state index in [4.69, 9.17) is 0 Å². The topological polar surface area (TPSA) is 9.72 Å². The number of nitrogens with zero attached hydrogens (tertiary/aromatic N) is 3. The number of hydrogen-bond donors (Lipinski definition) is 0. The normalized spacial score (nSPS) is 21.1. The molecule has 0 spiro atoms. The molecule has 0 unspecified atom stereocenters. The molecule has 1 saturated carbocycles. The van der Waals surface area contributed by atoms with E-state index in [1.807, 2.05) is 11.9 Å². The van der Waals surface area contributed by atoms with Crippen molar-refractivity contribution in [3.63, 3.8) is 0 Å². The van der Waals surface area contributed by atoms with E-state index in [0.29, 0.717) is 5.41 Å². The second-order valence-corrected chi connectivity index (χ2v) is 12.2. The predicted molar refractivity (Wildman–Crippen MR) is 136 cm³/mol. The Morgan fingerprint density at radius 1 is 0.871 bits per heavy atom. The van der Waals surface area contributed by atoms with Gasteiger partial charge in [-0.3, -0.25) is 0 Å². The van der Waals surface area contributed by atoms with Crippen molar-refractivity contribution < 1.29 is 0 Å². The van der Waals surface area contributed by atoms with Crippen molar-refractivity contribution in [3.8, 4) is 0 Å². The first kappa shape index (κ1) is 21.5. The first-order valence-electron chi connectivity index (χ1n) is 12.5. The summed E-state index contributed by atoms with van der Waals surface area (Å²) in [5.41, 5.74) is 3.27. The Hall–Kier alpha value is -1.39. The third-order valence-electron chi connectivity index (χ3n) is 7.21. The molecule has 31 heavy (non-hydrogen) atoms. The van der Waals surface area contributed by atoms with Crippen LogP contribution in [-0.4, -0.2) is 44.2 Å². The van der Waals surface area contributed by atoms with Crippen LogP contribution in [0.1, 0.15) is 59.3 Å². The van der Waals surface area contributed by atoms with Gasteiger partial charge in [0.25, 0.3) is 0 Å². The van der Waals surface area contributed by atoms with Crippen molar-refractivity contribution in [2.24, 2.45) is 11.3 Å². The fraction of sp³-hybridized carbons (Fsp3) is 0.630. The number of rotatable bonds is 4. The van der Waals surface area contributed by atoms with E-state index in [2.05, 4.69) is 65.2 Å². The van der Waals surface area contributed by atoms with Gasteiger partial charge in [-0.15, -0.1) is 0 Å². The zero-order valence-electron chi connectivity index (χ0n) is 19.7. The van der Waals surface area contributed by atoms with Gasteiger partial charge in [0.05, 0.1) is 5.69 Å². The highest BCUT2D eigenvalue weighted by Gasteiger charge is 2.28. The quantitative estimate of drug-likeness (QED) is 0.486. The maximum atomic E-state index is 2.67. The van der Waals surface area contributed by atoms with Crippen LogP contribution >= 0.6 is 11.9 Å². The highest BCUT2D eigenvalue weighted by atomic mass is 32.2. The number of anilines is 2. The Bertz CT molecular complexity index is 913. The van der Waals surface area contributed by atoms with Gasteiger partial charge in [0.15, 0.2) is 0 Å². The molecular formula is C27H39N3S. The molecule has 0 radical (unpaired) electrons. The molecule has 3 nitrogen and oxygen atoms in total. The minimum absolute atomic E-state index is 0.371. The molecule has 0 atom stereocenters. The lowest BCUT2D eigenvalue weighted by atomic mass is 9.89. The molecule has 5 rings (SSSR count). The van der Waals surface area contributed by atoms with Gasteiger partial charge < -0.3 is 14.1 Å². The summed E-state index contributed by atoms with van der Waals surface area (Å²) in [4.78, 5) is 6.77. The third kappa shape index (κ3) is 4.71. The van der Waals surface area contributed by atoms with Crippen LogP contribution in [0.25, 0.3) is 10.8 Å². The second-order valence-electron chi connectivity index (χ2n) is 11.1. The molecule has 2 fully saturated rings. The maximum Gasteiger partial charge on any atom is 0.0565 e. The fourth-order valence-corrected chi connectivity index (χ4v) is 7.07. The van der Waals surface area contributed by atoms with Gasteiger partial charge in [0, 0.05) is 54.1 Å². The monoisotopic (exact) mass is 437 g/mol. The minimum atomic E-state index is 0.371. The smallest absolute Gasteiger partial charge is 0.0565 e. The summed E-state index contributed by atoms with van der Waals surface area (Å²) in [6.07, 6.45) is 8.35. The standard InChI is InChI=1S/C27H39N3S/c1-27(2,3)20-28-15-8-16-29(18-17-28)23-13-14-24-26-22(23)11-7-12-25(26)31-30(24)19-21-9-5-4-6-10-21/h7,11-14,21H,4-6,8-10,15-20H2,1-3H3. The van der Waals surface area contributed by atoms with Crippen LogP contribution in [0.4, 0.5) is 11.4 Å². The molecule has 0 bridgehead atoms. The average Bonchev–Trinajstić information content (AvgIpc) is 2.93. The van der Waals surface area contributed by atoms with Crippen molar-refractivity contribution >= 4 is 34.1 Å². The molecule has 0 N–H and O–H groups in total. The molecule has 0 aromatic heterocycles. The van der Waals surface area contributed by atoms with Crippen molar-refractivity contribution in [3.05, 3.63) is 30.3 Å². The van der Waals surface area contributed by atoms with Crippen LogP contribution in [-0.2, 0) is 0 Å². The molecule has 2 aliphatic heterocycles. The largest absolute Gasteiger partial charge is 0.370 e. The van der Waals surface area contributed by atoms with Gasteiger partial charge in [-0.05, 0) is 67.3 Å². The van der Waals surface area contributed by atoms with Crippen LogP contribution in [0.2, 0.25) is 0 Å². The van der Waals surface area contributed by atoms with E-state index in [0.717, 1.165) is 19.0 Å². The van der Waals surface area contributed by atoms with Crippen LogP contribution in [0.3, 0.4) is 0 Å². The molecule has 168 valence electrons. The van der Waals surface area contributed by atoms with Crippen LogP contribution in [0.15, 0.2) is 35.2 Å². The van der Waals surface area contributed by atoms with Crippen LogP contribution < -0.4 is 9.21 Å². The Kier molecular flexibility index (Phi) is 6.13. The zero-order valence-corrected chi connectivity index (χ0v) is 20.5. The highest BCUT2D eigenvalue weighted by molar-refractivity contribution is 8.01. The van der Waals surface area contributed by atoms with E-state index in [9.17, 15) is 0 Å². The lowest BCUT2D eigenvalue weighted by Crippen LogP contribution is -2.36. The zero-order chi connectivity index (χ0) is 21.4. The SMILES string of the molecule is CC(C)(C)CN1CCCN(c2ccc3c4c(cccc24)SN3CC2CCCCC2)CC1. The Morgan fingerprint density at radius 2 is 1.68 bits per heavy atom. The van der Waals surface area contributed by atoms with Crippen molar-refractivity contribution in [2.75, 3.05) is 48.5 Å². The molecule has 2 aromatic rings. The van der Waals surface area contributed by atoms with Gasteiger partial charge >= 0.3 is 0 Å². The van der Waals surface area contributed by atoms with Gasteiger partial charge in [-0.1, -0.05) is 52.2 Å². The molecule has 2 aromatic carbocycles. The molecular weight excluding hydrogens is 398 g/mol. The minimum Gasteiger partial charge on any atom is -0.370 e. The number of hydrogen-bond acceptors (Lipinski definition) is 4. The number of benzene rings is 2. The lowest BCUT2D eigenvalue weighted by Gasteiger charge is -2.29. The predicted octanol–water partition coefficient (Wildman–Crippen LogP) is 6.81. The molecule has 1 aliphatic carbocycles. The summed E-state index contributed by atoms with van der Waals surface area (Å²) in [6, 6.07) is 11.8. The van der Waals surface area contributed by atoms with Gasteiger partial charge in [0.2, 0.25) is 0 Å². The Morgan fingerprint density at radius 3 is 2.48 bits per heavy atom. The lowest BCUT2D eigenvalue weighted by molar-refractivity contribution is 0.202. The molecule has 3 aliphatic rings. The highest BCUT2D eigenvalue weighted by Crippen LogP contribution is 2.49. The van der Waals surface area contributed by atoms with Gasteiger partial charge in [-0.25, -0.2) is 0 Å². The molecule has 2 heterocycles.